The summed E-state index contributed by atoms with van der Waals surface area (Å²) in [4.78, 5) is 0. The molecule has 94 valence electrons. The highest BCUT2D eigenvalue weighted by molar-refractivity contribution is 5.65. The molecule has 2 N–H and O–H groups in total. The zero-order valence-electron chi connectivity index (χ0n) is 9.54. The molecule has 0 aromatic heterocycles. The first kappa shape index (κ1) is 12.5. The molecular formula is C14H12F3N. The summed E-state index contributed by atoms with van der Waals surface area (Å²) in [6, 6.07) is 13.6. The maximum atomic E-state index is 12.2. The van der Waals surface area contributed by atoms with Crippen LogP contribution in [0.15, 0.2) is 48.5 Å². The molecule has 4 heteroatoms. The molecule has 0 fully saturated rings. The Hall–Kier alpha value is -1.97. The van der Waals surface area contributed by atoms with Gasteiger partial charge in [-0.25, -0.2) is 0 Å². The van der Waals surface area contributed by atoms with Gasteiger partial charge in [0.1, 0.15) is 0 Å². The first-order chi connectivity index (χ1) is 8.44. The summed E-state index contributed by atoms with van der Waals surface area (Å²) in [5, 5.41) is 0. The van der Waals surface area contributed by atoms with E-state index in [9.17, 15) is 13.2 Å². The van der Waals surface area contributed by atoms with Crippen LogP contribution in [0.5, 0.6) is 0 Å². The van der Waals surface area contributed by atoms with Crippen LogP contribution < -0.4 is 5.73 Å². The Labute approximate surface area is 103 Å². The molecule has 2 rings (SSSR count). The Balaban J connectivity index is 2.20. The van der Waals surface area contributed by atoms with E-state index in [1.165, 1.54) is 12.1 Å². The van der Waals surface area contributed by atoms with Gasteiger partial charge in [-0.15, -0.1) is 0 Å². The molecule has 2 aromatic carbocycles. The fourth-order valence-electron chi connectivity index (χ4n) is 1.72. The normalized spacial score (nSPS) is 11.5. The Bertz CT molecular complexity index is 512. The van der Waals surface area contributed by atoms with Crippen molar-refractivity contribution in [2.24, 2.45) is 0 Å². The van der Waals surface area contributed by atoms with Crippen LogP contribution in [0.2, 0.25) is 0 Å². The molecule has 0 bridgehead atoms. The van der Waals surface area contributed by atoms with E-state index >= 15 is 0 Å². The standard InChI is InChI=1S/C14H12F3N/c15-14(16,17)9-10-1-3-11(4-2-10)12-5-7-13(18)8-6-12/h1-8H,9,18H2. The third-order valence-electron chi connectivity index (χ3n) is 2.60. The summed E-state index contributed by atoms with van der Waals surface area (Å²) in [5.74, 6) is 0. The van der Waals surface area contributed by atoms with Gasteiger partial charge in [-0.3, -0.25) is 0 Å². The number of hydrogen-bond donors (Lipinski definition) is 1. The summed E-state index contributed by atoms with van der Waals surface area (Å²) in [7, 11) is 0. The molecule has 0 amide bonds. The van der Waals surface area contributed by atoms with Gasteiger partial charge in [0, 0.05) is 5.69 Å². The molecule has 0 atom stereocenters. The number of alkyl halides is 3. The van der Waals surface area contributed by atoms with Crippen LogP contribution in [-0.2, 0) is 6.42 Å². The Morgan fingerprint density at radius 2 is 1.22 bits per heavy atom. The number of benzene rings is 2. The zero-order valence-corrected chi connectivity index (χ0v) is 9.54. The summed E-state index contributed by atoms with van der Waals surface area (Å²) in [5.41, 5.74) is 8.31. The smallest absolute Gasteiger partial charge is 0.393 e. The average molecular weight is 251 g/mol. The number of nitrogen functional groups attached to an aromatic ring is 1. The van der Waals surface area contributed by atoms with E-state index in [4.69, 9.17) is 5.73 Å². The quantitative estimate of drug-likeness (QED) is 0.801. The maximum Gasteiger partial charge on any atom is 0.393 e. The highest BCUT2D eigenvalue weighted by Crippen LogP contribution is 2.24. The van der Waals surface area contributed by atoms with Gasteiger partial charge in [0.25, 0.3) is 0 Å². The van der Waals surface area contributed by atoms with Crippen molar-refractivity contribution in [1.82, 2.24) is 0 Å². The molecular weight excluding hydrogens is 239 g/mol. The second-order valence-electron chi connectivity index (χ2n) is 4.11. The van der Waals surface area contributed by atoms with Gasteiger partial charge >= 0.3 is 6.18 Å². The summed E-state index contributed by atoms with van der Waals surface area (Å²) in [6.45, 7) is 0. The van der Waals surface area contributed by atoms with Crippen LogP contribution in [-0.4, -0.2) is 6.18 Å². The Kier molecular flexibility index (Phi) is 3.28. The van der Waals surface area contributed by atoms with Gasteiger partial charge in [0.15, 0.2) is 0 Å². The van der Waals surface area contributed by atoms with Crippen LogP contribution in [0.1, 0.15) is 5.56 Å². The van der Waals surface area contributed by atoms with E-state index in [1.54, 1.807) is 24.3 Å². The van der Waals surface area contributed by atoms with Crippen molar-refractivity contribution in [2.75, 3.05) is 5.73 Å². The highest BCUT2D eigenvalue weighted by atomic mass is 19.4. The van der Waals surface area contributed by atoms with E-state index in [0.717, 1.165) is 11.1 Å². The second kappa shape index (κ2) is 4.72. The fourth-order valence-corrected chi connectivity index (χ4v) is 1.72. The lowest BCUT2D eigenvalue weighted by Crippen LogP contribution is -2.11. The number of nitrogens with two attached hydrogens (primary N) is 1. The first-order valence-corrected chi connectivity index (χ1v) is 5.46. The molecule has 0 unspecified atom stereocenters. The number of hydrogen-bond acceptors (Lipinski definition) is 1. The minimum absolute atomic E-state index is 0.265. The van der Waals surface area contributed by atoms with E-state index in [0.29, 0.717) is 5.69 Å². The van der Waals surface area contributed by atoms with E-state index in [2.05, 4.69) is 0 Å². The second-order valence-corrected chi connectivity index (χ2v) is 4.11. The van der Waals surface area contributed by atoms with Crippen LogP contribution in [0, 0.1) is 0 Å². The maximum absolute atomic E-state index is 12.2. The molecule has 0 saturated carbocycles. The lowest BCUT2D eigenvalue weighted by molar-refractivity contribution is -0.127. The zero-order chi connectivity index (χ0) is 13.2. The van der Waals surface area contributed by atoms with Crippen LogP contribution in [0.4, 0.5) is 18.9 Å². The van der Waals surface area contributed by atoms with E-state index < -0.39 is 12.6 Å². The summed E-state index contributed by atoms with van der Waals surface area (Å²) in [6.07, 6.45) is -5.06. The highest BCUT2D eigenvalue weighted by Gasteiger charge is 2.27. The molecule has 0 aliphatic carbocycles. The monoisotopic (exact) mass is 251 g/mol. The molecule has 0 aliphatic heterocycles. The first-order valence-electron chi connectivity index (χ1n) is 5.46. The Morgan fingerprint density at radius 1 is 0.778 bits per heavy atom. The van der Waals surface area contributed by atoms with Crippen LogP contribution in [0.25, 0.3) is 11.1 Å². The van der Waals surface area contributed by atoms with E-state index in [1.807, 2.05) is 12.1 Å². The SMILES string of the molecule is Nc1ccc(-c2ccc(CC(F)(F)F)cc2)cc1. The van der Waals surface area contributed by atoms with Crippen LogP contribution in [0.3, 0.4) is 0 Å². The van der Waals surface area contributed by atoms with Gasteiger partial charge in [-0.05, 0) is 28.8 Å². The van der Waals surface area contributed by atoms with E-state index in [-0.39, 0.29) is 5.56 Å². The van der Waals surface area contributed by atoms with Crippen molar-refractivity contribution in [3.05, 3.63) is 54.1 Å². The lowest BCUT2D eigenvalue weighted by atomic mass is 10.0. The molecule has 0 heterocycles. The fraction of sp³-hybridized carbons (Fsp3) is 0.143. The van der Waals surface area contributed by atoms with Gasteiger partial charge in [-0.1, -0.05) is 36.4 Å². The molecule has 18 heavy (non-hydrogen) atoms. The minimum Gasteiger partial charge on any atom is -0.399 e. The van der Waals surface area contributed by atoms with Crippen molar-refractivity contribution in [3.63, 3.8) is 0 Å². The summed E-state index contributed by atoms with van der Waals surface area (Å²) >= 11 is 0. The van der Waals surface area contributed by atoms with Crippen molar-refractivity contribution >= 4 is 5.69 Å². The largest absolute Gasteiger partial charge is 0.399 e. The van der Waals surface area contributed by atoms with Gasteiger partial charge in [-0.2, -0.15) is 13.2 Å². The topological polar surface area (TPSA) is 26.0 Å². The lowest BCUT2D eigenvalue weighted by Gasteiger charge is -2.07. The number of anilines is 1. The number of rotatable bonds is 2. The summed E-state index contributed by atoms with van der Waals surface area (Å²) < 4.78 is 36.6. The van der Waals surface area contributed by atoms with Gasteiger partial charge in [0.2, 0.25) is 0 Å². The third-order valence-corrected chi connectivity index (χ3v) is 2.60. The predicted molar refractivity (Wildman–Crippen MR) is 66.0 cm³/mol. The average Bonchev–Trinajstić information content (AvgIpc) is 2.29. The van der Waals surface area contributed by atoms with Crippen molar-refractivity contribution in [2.45, 2.75) is 12.6 Å². The molecule has 0 saturated heterocycles. The molecule has 0 aliphatic rings. The molecule has 0 spiro atoms. The Morgan fingerprint density at radius 3 is 1.67 bits per heavy atom. The third kappa shape index (κ3) is 3.26. The molecule has 1 nitrogen and oxygen atoms in total. The predicted octanol–water partition coefficient (Wildman–Crippen LogP) is 4.04. The van der Waals surface area contributed by atoms with Crippen molar-refractivity contribution < 1.29 is 13.2 Å². The minimum atomic E-state index is -4.16. The van der Waals surface area contributed by atoms with Crippen molar-refractivity contribution in [1.29, 1.82) is 0 Å². The molecule has 0 radical (unpaired) electrons. The van der Waals surface area contributed by atoms with Crippen LogP contribution >= 0.6 is 0 Å². The van der Waals surface area contributed by atoms with Crippen molar-refractivity contribution in [3.8, 4) is 11.1 Å². The number of halogens is 3. The van der Waals surface area contributed by atoms with Gasteiger partial charge < -0.3 is 5.73 Å². The molecule has 2 aromatic rings. The van der Waals surface area contributed by atoms with Gasteiger partial charge in [0.05, 0.1) is 6.42 Å².